The molecule has 1 aliphatic carbocycles. The lowest BCUT2D eigenvalue weighted by Crippen LogP contribution is -2.63. The molecule has 0 radical (unpaired) electrons. The van der Waals surface area contributed by atoms with Crippen molar-refractivity contribution in [2.75, 3.05) is 19.6 Å². The minimum absolute atomic E-state index is 0.594. The molecule has 0 spiro atoms. The van der Waals surface area contributed by atoms with Gasteiger partial charge in [-0.1, -0.05) is 34.1 Å². The van der Waals surface area contributed by atoms with Crippen LogP contribution in [0.1, 0.15) is 72.6 Å². The van der Waals surface area contributed by atoms with E-state index >= 15 is 0 Å². The number of fused-ring (bicyclic) bond motifs is 1. The van der Waals surface area contributed by atoms with Gasteiger partial charge in [0.1, 0.15) is 0 Å². The highest BCUT2D eigenvalue weighted by molar-refractivity contribution is 4.96. The molecule has 2 nitrogen and oxygen atoms in total. The molecule has 3 rings (SSSR count). The van der Waals surface area contributed by atoms with Gasteiger partial charge in [0.05, 0.1) is 0 Å². The third-order valence-corrected chi connectivity index (χ3v) is 6.57. The summed E-state index contributed by atoms with van der Waals surface area (Å²) in [7, 11) is 0. The average Bonchev–Trinajstić information content (AvgIpc) is 2.46. The lowest BCUT2D eigenvalue weighted by atomic mass is 9.74. The first-order valence-electron chi connectivity index (χ1n) is 9.46. The van der Waals surface area contributed by atoms with Crippen molar-refractivity contribution in [1.29, 1.82) is 0 Å². The molecular formula is C19H36N2. The Hall–Kier alpha value is -0.0800. The van der Waals surface area contributed by atoms with Crippen molar-refractivity contribution in [3.8, 4) is 0 Å². The summed E-state index contributed by atoms with van der Waals surface area (Å²) in [5.41, 5.74) is 0.594. The smallest absolute Gasteiger partial charge is 0.0249 e. The zero-order valence-electron chi connectivity index (χ0n) is 14.8. The fourth-order valence-electron chi connectivity index (χ4n) is 4.96. The van der Waals surface area contributed by atoms with E-state index in [2.05, 4.69) is 37.5 Å². The van der Waals surface area contributed by atoms with Crippen LogP contribution in [0.2, 0.25) is 0 Å². The minimum Gasteiger partial charge on any atom is -0.298 e. The highest BCUT2D eigenvalue weighted by Gasteiger charge is 2.40. The van der Waals surface area contributed by atoms with E-state index in [1.807, 2.05) is 0 Å². The number of piperazine rings is 1. The largest absolute Gasteiger partial charge is 0.298 e. The molecule has 2 heterocycles. The molecule has 0 aromatic heterocycles. The molecule has 21 heavy (non-hydrogen) atoms. The highest BCUT2D eigenvalue weighted by Crippen LogP contribution is 2.39. The van der Waals surface area contributed by atoms with E-state index in [4.69, 9.17) is 0 Å². The van der Waals surface area contributed by atoms with Gasteiger partial charge in [-0.15, -0.1) is 0 Å². The van der Waals surface area contributed by atoms with Gasteiger partial charge in [0.2, 0.25) is 0 Å². The summed E-state index contributed by atoms with van der Waals surface area (Å²) in [6, 6.07) is 2.53. The number of hydrogen-bond acceptors (Lipinski definition) is 2. The van der Waals surface area contributed by atoms with E-state index in [-0.39, 0.29) is 0 Å². The summed E-state index contributed by atoms with van der Waals surface area (Å²) in [5, 5.41) is 0. The molecule has 3 fully saturated rings. The van der Waals surface area contributed by atoms with Gasteiger partial charge in [0.15, 0.2) is 0 Å². The average molecular weight is 293 g/mol. The second-order valence-corrected chi connectivity index (χ2v) is 9.05. The molecule has 3 aliphatic rings. The lowest BCUT2D eigenvalue weighted by Gasteiger charge is -2.53. The SMILES string of the molecule is CC(C)C1CN2CCCCC2CN1C1CCC(C)(C)CC1. The van der Waals surface area contributed by atoms with Crippen molar-refractivity contribution in [2.24, 2.45) is 11.3 Å². The molecule has 0 aromatic carbocycles. The second-order valence-electron chi connectivity index (χ2n) is 9.05. The summed E-state index contributed by atoms with van der Waals surface area (Å²) >= 11 is 0. The predicted molar refractivity (Wildman–Crippen MR) is 90.6 cm³/mol. The quantitative estimate of drug-likeness (QED) is 0.754. The molecule has 2 unspecified atom stereocenters. The van der Waals surface area contributed by atoms with Crippen LogP contribution in [0.4, 0.5) is 0 Å². The Balaban J connectivity index is 1.69. The summed E-state index contributed by atoms with van der Waals surface area (Å²) < 4.78 is 0. The van der Waals surface area contributed by atoms with Gasteiger partial charge in [0.25, 0.3) is 0 Å². The van der Waals surface area contributed by atoms with Gasteiger partial charge in [-0.25, -0.2) is 0 Å². The van der Waals surface area contributed by atoms with Crippen molar-refractivity contribution in [3.05, 3.63) is 0 Å². The molecule has 0 amide bonds. The van der Waals surface area contributed by atoms with E-state index < -0.39 is 0 Å². The maximum absolute atomic E-state index is 2.95. The maximum Gasteiger partial charge on any atom is 0.0249 e. The lowest BCUT2D eigenvalue weighted by molar-refractivity contribution is -0.0443. The summed E-state index contributed by atoms with van der Waals surface area (Å²) in [5.74, 6) is 0.794. The van der Waals surface area contributed by atoms with Gasteiger partial charge in [0, 0.05) is 31.2 Å². The molecule has 2 saturated heterocycles. The van der Waals surface area contributed by atoms with E-state index in [0.717, 1.165) is 24.0 Å². The van der Waals surface area contributed by atoms with Crippen molar-refractivity contribution in [2.45, 2.75) is 90.8 Å². The zero-order chi connectivity index (χ0) is 15.0. The first-order valence-corrected chi connectivity index (χ1v) is 9.46. The van der Waals surface area contributed by atoms with E-state index in [1.54, 1.807) is 0 Å². The van der Waals surface area contributed by atoms with Crippen LogP contribution in [0.15, 0.2) is 0 Å². The van der Waals surface area contributed by atoms with Crippen LogP contribution in [-0.2, 0) is 0 Å². The third kappa shape index (κ3) is 3.47. The first kappa shape index (κ1) is 15.8. The van der Waals surface area contributed by atoms with Crippen LogP contribution in [0, 0.1) is 11.3 Å². The molecular weight excluding hydrogens is 256 g/mol. The Morgan fingerprint density at radius 2 is 1.62 bits per heavy atom. The van der Waals surface area contributed by atoms with Crippen molar-refractivity contribution >= 4 is 0 Å². The standard InChI is InChI=1S/C19H36N2/c1-15(2)18-14-20-12-6-5-7-17(20)13-21(18)16-8-10-19(3,4)11-9-16/h15-18H,5-14H2,1-4H3. The molecule has 1 saturated carbocycles. The molecule has 2 aliphatic heterocycles. The van der Waals surface area contributed by atoms with E-state index in [0.29, 0.717) is 5.41 Å². The predicted octanol–water partition coefficient (Wildman–Crippen LogP) is 4.15. The minimum atomic E-state index is 0.594. The van der Waals surface area contributed by atoms with Gasteiger partial charge in [-0.2, -0.15) is 0 Å². The van der Waals surface area contributed by atoms with Gasteiger partial charge < -0.3 is 0 Å². The Morgan fingerprint density at radius 1 is 0.905 bits per heavy atom. The summed E-state index contributed by atoms with van der Waals surface area (Å²) in [4.78, 5) is 5.77. The highest BCUT2D eigenvalue weighted by atomic mass is 15.3. The molecule has 0 aromatic rings. The van der Waals surface area contributed by atoms with Gasteiger partial charge >= 0.3 is 0 Å². The normalized spacial score (nSPS) is 35.9. The van der Waals surface area contributed by atoms with Crippen molar-refractivity contribution in [1.82, 2.24) is 9.80 Å². The fraction of sp³-hybridized carbons (Fsp3) is 1.00. The number of hydrogen-bond donors (Lipinski definition) is 0. The number of rotatable bonds is 2. The third-order valence-electron chi connectivity index (χ3n) is 6.57. The van der Waals surface area contributed by atoms with Crippen molar-refractivity contribution < 1.29 is 0 Å². The van der Waals surface area contributed by atoms with Crippen LogP contribution in [-0.4, -0.2) is 47.6 Å². The van der Waals surface area contributed by atoms with Gasteiger partial charge in [-0.3, -0.25) is 9.80 Å². The van der Waals surface area contributed by atoms with Crippen LogP contribution in [0.5, 0.6) is 0 Å². The zero-order valence-corrected chi connectivity index (χ0v) is 14.8. The van der Waals surface area contributed by atoms with Crippen LogP contribution >= 0.6 is 0 Å². The Labute approximate surface area is 132 Å². The Morgan fingerprint density at radius 3 is 2.29 bits per heavy atom. The molecule has 2 atom stereocenters. The Bertz CT molecular complexity index is 339. The first-order chi connectivity index (χ1) is 9.96. The molecule has 0 bridgehead atoms. The fourth-order valence-corrected chi connectivity index (χ4v) is 4.96. The van der Waals surface area contributed by atoms with Crippen LogP contribution < -0.4 is 0 Å². The molecule has 2 heteroatoms. The Kier molecular flexibility index (Phi) is 4.66. The van der Waals surface area contributed by atoms with Crippen LogP contribution in [0.3, 0.4) is 0 Å². The second kappa shape index (κ2) is 6.20. The summed E-state index contributed by atoms with van der Waals surface area (Å²) in [6.45, 7) is 13.9. The number of piperidine rings is 1. The molecule has 0 N–H and O–H groups in total. The van der Waals surface area contributed by atoms with E-state index in [1.165, 1.54) is 64.6 Å². The van der Waals surface area contributed by atoms with Crippen LogP contribution in [0.25, 0.3) is 0 Å². The topological polar surface area (TPSA) is 6.48 Å². The van der Waals surface area contributed by atoms with E-state index in [9.17, 15) is 0 Å². The maximum atomic E-state index is 2.95. The molecule has 122 valence electrons. The number of nitrogens with zero attached hydrogens (tertiary/aromatic N) is 2. The van der Waals surface area contributed by atoms with Crippen molar-refractivity contribution in [3.63, 3.8) is 0 Å². The van der Waals surface area contributed by atoms with Gasteiger partial charge in [-0.05, 0) is 56.4 Å². The summed E-state index contributed by atoms with van der Waals surface area (Å²) in [6.07, 6.45) is 10.0. The monoisotopic (exact) mass is 292 g/mol.